The van der Waals surface area contributed by atoms with E-state index in [2.05, 4.69) is 20.9 Å². The fourth-order valence-corrected chi connectivity index (χ4v) is 13.7. The highest BCUT2D eigenvalue weighted by Crippen LogP contribution is 2.75. The molecule has 8 rings (SSSR count). The molecule has 4 aromatic heterocycles. The summed E-state index contributed by atoms with van der Waals surface area (Å²) >= 11 is 0. The highest BCUT2D eigenvalue weighted by Gasteiger charge is 2.67. The van der Waals surface area contributed by atoms with Gasteiger partial charge in [-0.1, -0.05) is 11.6 Å². The summed E-state index contributed by atoms with van der Waals surface area (Å²) in [7, 11) is 0. The molecule has 4 bridgehead atoms. The maximum absolute atomic E-state index is 14.6. The minimum absolute atomic E-state index is 0.0523. The van der Waals surface area contributed by atoms with Crippen molar-refractivity contribution < 1.29 is 80.5 Å². The largest absolute Gasteiger partial charge is 0.503 e. The Morgan fingerprint density at radius 1 is 0.537 bits per heavy atom. The van der Waals surface area contributed by atoms with Gasteiger partial charge in [0.15, 0.2) is 34.5 Å². The number of rotatable bonds is 31. The van der Waals surface area contributed by atoms with E-state index in [1.54, 1.807) is 4.68 Å². The fourth-order valence-electron chi connectivity index (χ4n) is 13.7. The smallest absolute Gasteiger partial charge is 0.271 e. The number of aliphatic hydroxyl groups excluding tert-OH is 9. The number of nitrogens with one attached hydrogen (secondary N) is 2. The van der Waals surface area contributed by atoms with Gasteiger partial charge in [-0.3, -0.25) is 38.2 Å². The van der Waals surface area contributed by atoms with Crippen molar-refractivity contribution in [1.29, 1.82) is 0 Å². The van der Waals surface area contributed by atoms with Gasteiger partial charge in [0, 0.05) is 81.9 Å². The molecule has 27 nitrogen and oxygen atoms in total. The first-order valence-corrected chi connectivity index (χ1v) is 27.5. The van der Waals surface area contributed by atoms with Gasteiger partial charge in [0.1, 0.15) is 29.7 Å². The van der Waals surface area contributed by atoms with Crippen LogP contribution in [0.4, 0.5) is 0 Å². The number of amides is 2. The number of nitrogens with zero attached hydrogens (tertiary/aromatic N) is 6. The summed E-state index contributed by atoms with van der Waals surface area (Å²) in [6.45, 7) is -1.74. The Kier molecular flexibility index (Phi) is 20.1. The highest BCUT2D eigenvalue weighted by molar-refractivity contribution is 5.97. The van der Waals surface area contributed by atoms with Crippen molar-refractivity contribution in [3.63, 3.8) is 0 Å². The number of ketones is 2. The number of hydrogen-bond donors (Lipinski definition) is 14. The van der Waals surface area contributed by atoms with Crippen molar-refractivity contribution in [2.45, 2.75) is 160 Å². The average Bonchev–Trinajstić information content (AvgIpc) is 1.65. The number of carbonyl (C=O) groups is 4. The van der Waals surface area contributed by atoms with Crippen molar-refractivity contribution in [2.24, 2.45) is 21.7 Å². The topological polar surface area (TPSA) is 432 Å². The van der Waals surface area contributed by atoms with E-state index in [4.69, 9.17) is 0 Å². The standard InChI is InChI=1S/C55H76N8O19/c1-32-17-63(59-58-32)13-4-2-3-5-44(78)56-30-54-25-52(11-6-33(67)45-48(79)35(69)8-14-60(45)18-38(72)41(75)21-64)24-53(26-54,12-7-34(68)46-49(80)36(70)9-15-61(46)19-39(73)42(76)22-65)28-55(27-52,29-54)31-57-51(82)47-50(81)37(71)10-16-62(47)20-40(74)43(77)23-66/h8-10,14-17,38-43,64-66,72-77,79-81H,2-7,11-13,18-31H2,1H3,(H,56,78)(H,57,82)/t38?,39?,40?,41?,42?,43?,52-,53+,54?,55?. The molecule has 450 valence electrons. The minimum Gasteiger partial charge on any atom is -0.503 e. The molecule has 0 aliphatic heterocycles. The fraction of sp³-hybridized carbons (Fsp3) is 0.618. The van der Waals surface area contributed by atoms with Gasteiger partial charge in [0.2, 0.25) is 22.2 Å². The van der Waals surface area contributed by atoms with E-state index in [1.165, 1.54) is 0 Å². The monoisotopic (exact) mass is 1150 g/mol. The maximum atomic E-state index is 14.6. The van der Waals surface area contributed by atoms with Gasteiger partial charge in [-0.25, -0.2) is 0 Å². The molecule has 4 aliphatic rings. The van der Waals surface area contributed by atoms with Crippen molar-refractivity contribution in [3.8, 4) is 17.2 Å². The minimum atomic E-state index is -1.66. The predicted octanol–water partition coefficient (Wildman–Crippen LogP) is -1.91. The number of Topliss-reactive ketones (excluding diaryl/α,β-unsaturated/α-hetero) is 2. The van der Waals surface area contributed by atoms with Crippen LogP contribution >= 0.6 is 0 Å². The number of pyridine rings is 3. The van der Waals surface area contributed by atoms with Gasteiger partial charge < -0.3 is 85.6 Å². The van der Waals surface area contributed by atoms with Gasteiger partial charge in [-0.05, 0) is 92.8 Å². The van der Waals surface area contributed by atoms with E-state index in [-0.39, 0.29) is 63.9 Å². The molecule has 4 fully saturated rings. The first kappa shape index (κ1) is 62.9. The van der Waals surface area contributed by atoms with E-state index >= 15 is 0 Å². The summed E-state index contributed by atoms with van der Waals surface area (Å²) in [4.78, 5) is 96.0. The average molecular weight is 1150 g/mol. The molecule has 4 aromatic rings. The Morgan fingerprint density at radius 3 is 1.34 bits per heavy atom. The SMILES string of the molecule is Cc1cn(CCCCCC(=O)NCC23CC4(CNC(=O)c5c(O)c(=O)ccn5CC(O)C(O)CO)C[C@](CCC(=O)c5c(O)c(=O)ccn5CC(O)C(O)CO)(C2)C[C@](CCC(=O)c2c(O)c(=O)ccn2CC(O)C(O)CO)(C3)C4)nn1. The van der Waals surface area contributed by atoms with Gasteiger partial charge in [-0.2, -0.15) is 0 Å². The summed E-state index contributed by atoms with van der Waals surface area (Å²) in [6.07, 6.45) is -1.05. The molecule has 4 saturated carbocycles. The van der Waals surface area contributed by atoms with Crippen LogP contribution in [0.15, 0.2) is 57.4 Å². The number of aromatic hydroxyl groups is 3. The Balaban J connectivity index is 1.26. The van der Waals surface area contributed by atoms with E-state index in [0.717, 1.165) is 62.6 Å². The van der Waals surface area contributed by atoms with Crippen LogP contribution in [-0.4, -0.2) is 183 Å². The summed E-state index contributed by atoms with van der Waals surface area (Å²) in [6, 6.07) is 2.88. The van der Waals surface area contributed by atoms with Crippen LogP contribution in [0.3, 0.4) is 0 Å². The predicted molar refractivity (Wildman–Crippen MR) is 288 cm³/mol. The number of aryl methyl sites for hydroxylation is 2. The third-order valence-electron chi connectivity index (χ3n) is 16.7. The summed E-state index contributed by atoms with van der Waals surface area (Å²) in [5, 5.41) is 138. The van der Waals surface area contributed by atoms with E-state index in [0.29, 0.717) is 45.1 Å². The number of aliphatic hydroxyl groups is 9. The number of hydrogen-bond acceptors (Lipinski definition) is 21. The van der Waals surface area contributed by atoms with E-state index in [1.807, 2.05) is 13.1 Å². The lowest BCUT2D eigenvalue weighted by atomic mass is 9.34. The molecule has 0 radical (unpaired) electrons. The van der Waals surface area contributed by atoms with Gasteiger partial charge in [0.25, 0.3) is 5.91 Å². The first-order chi connectivity index (χ1) is 38.8. The number of aromatic nitrogens is 6. The van der Waals surface area contributed by atoms with E-state index in [9.17, 15) is 94.8 Å². The Hall–Kier alpha value is -6.69. The Labute approximate surface area is 469 Å². The molecule has 2 amide bonds. The van der Waals surface area contributed by atoms with Crippen molar-refractivity contribution in [2.75, 3.05) is 32.9 Å². The highest BCUT2D eigenvalue weighted by atomic mass is 16.4. The molecule has 27 heteroatoms. The third kappa shape index (κ3) is 14.4. The van der Waals surface area contributed by atoms with Gasteiger partial charge in [0.05, 0.1) is 63.5 Å². The zero-order valence-corrected chi connectivity index (χ0v) is 45.7. The molecule has 82 heavy (non-hydrogen) atoms. The normalized spacial score (nSPS) is 23.2. The molecule has 0 aromatic carbocycles. The zero-order valence-electron chi connectivity index (χ0n) is 45.7. The van der Waals surface area contributed by atoms with Crippen molar-refractivity contribution in [1.82, 2.24) is 39.3 Å². The summed E-state index contributed by atoms with van der Waals surface area (Å²) in [5.41, 5.74) is -7.10. The maximum Gasteiger partial charge on any atom is 0.271 e. The van der Waals surface area contributed by atoms with E-state index < -0.39 is 166 Å². The molecular weight excluding hydrogens is 1080 g/mol. The van der Waals surface area contributed by atoms with Crippen LogP contribution < -0.4 is 26.9 Å². The van der Waals surface area contributed by atoms with Gasteiger partial charge in [-0.15, -0.1) is 5.10 Å². The van der Waals surface area contributed by atoms with Crippen LogP contribution in [0.25, 0.3) is 0 Å². The zero-order chi connectivity index (χ0) is 59.9. The lowest BCUT2D eigenvalue weighted by molar-refractivity contribution is -0.202. The molecule has 8 unspecified atom stereocenters. The number of unbranched alkanes of at least 4 members (excludes halogenated alkanes) is 2. The quantitative estimate of drug-likeness (QED) is 0.0193. The second kappa shape index (κ2) is 26.3. The number of carbonyl (C=O) groups excluding carboxylic acids is 4. The first-order valence-electron chi connectivity index (χ1n) is 27.5. The molecular formula is C55H76N8O19. The second-order valence-electron chi connectivity index (χ2n) is 23.3. The molecule has 10 atom stereocenters. The molecule has 0 saturated heterocycles. The lowest BCUT2D eigenvalue weighted by Crippen LogP contribution is -2.65. The Bertz CT molecular complexity index is 2860. The van der Waals surface area contributed by atoms with Crippen molar-refractivity contribution in [3.05, 3.63) is 96.4 Å². The molecule has 4 aliphatic carbocycles. The van der Waals surface area contributed by atoms with Crippen molar-refractivity contribution >= 4 is 23.4 Å². The van der Waals surface area contributed by atoms with Crippen LogP contribution in [0.5, 0.6) is 17.2 Å². The summed E-state index contributed by atoms with van der Waals surface area (Å²) < 4.78 is 4.97. The third-order valence-corrected chi connectivity index (χ3v) is 16.7. The van der Waals surface area contributed by atoms with Crippen LogP contribution in [-0.2, 0) is 31.0 Å². The van der Waals surface area contributed by atoms with Crippen LogP contribution in [0.2, 0.25) is 0 Å². The summed E-state index contributed by atoms with van der Waals surface area (Å²) in [5.74, 6) is -5.52. The van der Waals surface area contributed by atoms with Gasteiger partial charge >= 0.3 is 0 Å². The molecule has 14 N–H and O–H groups in total. The Morgan fingerprint density at radius 2 is 0.927 bits per heavy atom. The van der Waals surface area contributed by atoms with Crippen LogP contribution in [0.1, 0.15) is 127 Å². The van der Waals surface area contributed by atoms with Crippen LogP contribution in [0, 0.1) is 28.6 Å². The second-order valence-corrected chi connectivity index (χ2v) is 23.3. The molecule has 4 heterocycles. The lowest BCUT2D eigenvalue weighted by Gasteiger charge is -2.71. The molecule has 0 spiro atoms.